The van der Waals surface area contributed by atoms with Crippen molar-refractivity contribution in [2.75, 3.05) is 0 Å². The Morgan fingerprint density at radius 2 is 1.89 bits per heavy atom. The maximum atomic E-state index is 13.6. The lowest BCUT2D eigenvalue weighted by Crippen LogP contribution is -2.57. The molecule has 0 amide bonds. The van der Waals surface area contributed by atoms with Crippen LogP contribution >= 0.6 is 0 Å². The summed E-state index contributed by atoms with van der Waals surface area (Å²) in [6.07, 6.45) is 8.96. The van der Waals surface area contributed by atoms with Crippen LogP contribution in [0.25, 0.3) is 0 Å². The van der Waals surface area contributed by atoms with Crippen LogP contribution < -0.4 is 0 Å². The van der Waals surface area contributed by atoms with E-state index in [1.165, 1.54) is 12.8 Å². The Bertz CT molecular complexity index is 645. The van der Waals surface area contributed by atoms with Gasteiger partial charge in [-0.3, -0.25) is 9.59 Å². The van der Waals surface area contributed by atoms with Crippen LogP contribution in [0.5, 0.6) is 0 Å². The molecule has 28 heavy (non-hydrogen) atoms. The van der Waals surface area contributed by atoms with Crippen LogP contribution in [0.3, 0.4) is 0 Å². The smallest absolute Gasteiger partial charge is 0.303 e. The number of carbonyl (C=O) groups is 2. The summed E-state index contributed by atoms with van der Waals surface area (Å²) in [5.74, 6) is 2.52. The fraction of sp³-hybridized carbons (Fsp3) is 0.917. The zero-order valence-electron chi connectivity index (χ0n) is 17.8. The fourth-order valence-electron chi connectivity index (χ4n) is 8.44. The van der Waals surface area contributed by atoms with Gasteiger partial charge in [0.1, 0.15) is 5.78 Å². The fourth-order valence-corrected chi connectivity index (χ4v) is 8.44. The summed E-state index contributed by atoms with van der Waals surface area (Å²) in [6.45, 7) is 6.81. The summed E-state index contributed by atoms with van der Waals surface area (Å²) < 4.78 is 0. The number of aliphatic hydroxyl groups excluding tert-OH is 1. The van der Waals surface area contributed by atoms with E-state index in [2.05, 4.69) is 20.8 Å². The zero-order valence-corrected chi connectivity index (χ0v) is 17.8. The molecule has 0 saturated heterocycles. The van der Waals surface area contributed by atoms with Crippen LogP contribution in [-0.2, 0) is 9.59 Å². The Labute approximate surface area is 169 Å². The standard InChI is InChI=1S/C24H38O4/c1-14(4-9-22(27)28)18-7-8-19-17-6-5-15-12-16(25)10-11-23(15,2)20(17)13-21(26)24(18,19)3/h14-20,25H,4-13H2,1-3H3,(H,27,28)/t14?,15-,16?,17+,18?,19-,20-,23+,24-/m1/s1. The van der Waals surface area contributed by atoms with E-state index in [4.69, 9.17) is 5.11 Å². The molecule has 9 atom stereocenters. The number of aliphatic carboxylic acids is 1. The van der Waals surface area contributed by atoms with Crippen molar-refractivity contribution in [2.24, 2.45) is 46.3 Å². The molecule has 4 aliphatic carbocycles. The van der Waals surface area contributed by atoms with Crippen molar-refractivity contribution in [2.45, 2.75) is 91.1 Å². The highest BCUT2D eigenvalue weighted by Crippen LogP contribution is 2.67. The number of hydrogen-bond donors (Lipinski definition) is 2. The van der Waals surface area contributed by atoms with Gasteiger partial charge < -0.3 is 10.2 Å². The first-order valence-corrected chi connectivity index (χ1v) is 11.6. The molecule has 0 aromatic heterocycles. The van der Waals surface area contributed by atoms with Crippen LogP contribution in [0.1, 0.15) is 85.0 Å². The number of carbonyl (C=O) groups excluding carboxylic acids is 1. The Kier molecular flexibility index (Phi) is 5.17. The second kappa shape index (κ2) is 7.11. The van der Waals surface area contributed by atoms with Gasteiger partial charge in [-0.1, -0.05) is 20.8 Å². The third-order valence-electron chi connectivity index (χ3n) is 10.1. The maximum absolute atomic E-state index is 13.6. The van der Waals surface area contributed by atoms with Crippen molar-refractivity contribution in [3.05, 3.63) is 0 Å². The van der Waals surface area contributed by atoms with Crippen LogP contribution in [0, 0.1) is 46.3 Å². The molecule has 4 fully saturated rings. The molecule has 4 saturated carbocycles. The molecule has 4 rings (SSSR count). The minimum absolute atomic E-state index is 0.148. The molecule has 2 N–H and O–H groups in total. The van der Waals surface area contributed by atoms with Gasteiger partial charge in [0, 0.05) is 18.3 Å². The molecule has 4 heteroatoms. The van der Waals surface area contributed by atoms with Crippen molar-refractivity contribution in [3.8, 4) is 0 Å². The zero-order chi connectivity index (χ0) is 20.3. The Morgan fingerprint density at radius 3 is 2.61 bits per heavy atom. The molecule has 0 heterocycles. The van der Waals surface area contributed by atoms with E-state index in [0.717, 1.165) is 32.1 Å². The summed E-state index contributed by atoms with van der Waals surface area (Å²) in [6, 6.07) is 0. The van der Waals surface area contributed by atoms with Gasteiger partial charge in [-0.05, 0) is 92.3 Å². The van der Waals surface area contributed by atoms with Gasteiger partial charge in [0.25, 0.3) is 0 Å². The predicted molar refractivity (Wildman–Crippen MR) is 108 cm³/mol. The molecule has 0 aromatic rings. The molecule has 3 unspecified atom stereocenters. The second-order valence-electron chi connectivity index (χ2n) is 11.1. The Hall–Kier alpha value is -0.900. The largest absolute Gasteiger partial charge is 0.481 e. The maximum Gasteiger partial charge on any atom is 0.303 e. The Balaban J connectivity index is 1.57. The first-order chi connectivity index (χ1) is 13.2. The van der Waals surface area contributed by atoms with Gasteiger partial charge >= 0.3 is 5.97 Å². The number of carboxylic acid groups (broad SMARTS) is 1. The molecule has 0 spiro atoms. The number of fused-ring (bicyclic) bond motifs is 5. The van der Waals surface area contributed by atoms with Crippen LogP contribution in [0.2, 0.25) is 0 Å². The van der Waals surface area contributed by atoms with Crippen LogP contribution in [0.15, 0.2) is 0 Å². The lowest BCUT2D eigenvalue weighted by molar-refractivity contribution is -0.160. The number of ketones is 1. The highest BCUT2D eigenvalue weighted by atomic mass is 16.4. The van der Waals surface area contributed by atoms with E-state index >= 15 is 0 Å². The predicted octanol–water partition coefficient (Wildman–Crippen LogP) is 4.69. The summed E-state index contributed by atoms with van der Waals surface area (Å²) in [7, 11) is 0. The highest BCUT2D eigenvalue weighted by molar-refractivity contribution is 5.87. The van der Waals surface area contributed by atoms with Gasteiger partial charge in [-0.25, -0.2) is 0 Å². The van der Waals surface area contributed by atoms with Crippen molar-refractivity contribution >= 4 is 11.8 Å². The molecule has 0 bridgehead atoms. The molecule has 0 radical (unpaired) electrons. The first kappa shape index (κ1) is 20.4. The number of hydrogen-bond acceptors (Lipinski definition) is 3. The minimum Gasteiger partial charge on any atom is -0.481 e. The molecule has 4 aliphatic rings. The van der Waals surface area contributed by atoms with E-state index in [9.17, 15) is 14.7 Å². The minimum atomic E-state index is -0.729. The number of aliphatic hydroxyl groups is 1. The van der Waals surface area contributed by atoms with E-state index in [1.807, 2.05) is 0 Å². The average molecular weight is 391 g/mol. The third kappa shape index (κ3) is 2.97. The topological polar surface area (TPSA) is 74.6 Å². The number of Topliss-reactive ketones (excluding diaryl/α,β-unsaturated/α-hetero) is 1. The quantitative estimate of drug-likeness (QED) is 0.730. The summed E-state index contributed by atoms with van der Waals surface area (Å²) in [4.78, 5) is 24.7. The lowest BCUT2D eigenvalue weighted by Gasteiger charge is -2.60. The first-order valence-electron chi connectivity index (χ1n) is 11.6. The van der Waals surface area contributed by atoms with Crippen molar-refractivity contribution in [1.29, 1.82) is 0 Å². The average Bonchev–Trinajstić information content (AvgIpc) is 3.00. The van der Waals surface area contributed by atoms with E-state index < -0.39 is 5.97 Å². The van der Waals surface area contributed by atoms with Crippen LogP contribution in [0.4, 0.5) is 0 Å². The SMILES string of the molecule is CC(CCC(=O)O)C1CC[C@@H]2[C@@H]3CC[C@@H]4CC(O)CC[C@]4(C)[C@@H]3CC(=O)[C@]12C. The Morgan fingerprint density at radius 1 is 1.14 bits per heavy atom. The number of rotatable bonds is 4. The highest BCUT2D eigenvalue weighted by Gasteiger charge is 2.63. The molecular formula is C24H38O4. The molecule has 0 aliphatic heterocycles. The van der Waals surface area contributed by atoms with Gasteiger partial charge in [-0.2, -0.15) is 0 Å². The molecular weight excluding hydrogens is 352 g/mol. The summed E-state index contributed by atoms with van der Waals surface area (Å²) in [5.41, 5.74) is -0.0391. The van der Waals surface area contributed by atoms with Gasteiger partial charge in [0.05, 0.1) is 6.10 Å². The van der Waals surface area contributed by atoms with Gasteiger partial charge in [0.15, 0.2) is 0 Å². The van der Waals surface area contributed by atoms with E-state index in [0.29, 0.717) is 54.1 Å². The lowest BCUT2D eigenvalue weighted by atomic mass is 9.44. The summed E-state index contributed by atoms with van der Waals surface area (Å²) >= 11 is 0. The monoisotopic (exact) mass is 390 g/mol. The second-order valence-corrected chi connectivity index (χ2v) is 11.1. The van der Waals surface area contributed by atoms with E-state index in [1.54, 1.807) is 0 Å². The van der Waals surface area contributed by atoms with Crippen molar-refractivity contribution in [3.63, 3.8) is 0 Å². The molecule has 158 valence electrons. The van der Waals surface area contributed by atoms with Crippen molar-refractivity contribution in [1.82, 2.24) is 0 Å². The van der Waals surface area contributed by atoms with Gasteiger partial charge in [0.2, 0.25) is 0 Å². The number of carboxylic acids is 1. The van der Waals surface area contributed by atoms with E-state index in [-0.39, 0.29) is 23.4 Å². The molecule has 0 aromatic carbocycles. The summed E-state index contributed by atoms with van der Waals surface area (Å²) in [5, 5.41) is 19.3. The third-order valence-corrected chi connectivity index (χ3v) is 10.1. The van der Waals surface area contributed by atoms with Crippen molar-refractivity contribution < 1.29 is 19.8 Å². The van der Waals surface area contributed by atoms with Gasteiger partial charge in [-0.15, -0.1) is 0 Å². The normalized spacial score (nSPS) is 49.1. The van der Waals surface area contributed by atoms with Crippen LogP contribution in [-0.4, -0.2) is 28.1 Å². The molecule has 4 nitrogen and oxygen atoms in total.